The normalized spacial score (nSPS) is 13.9. The van der Waals surface area contributed by atoms with Crippen molar-refractivity contribution in [2.75, 3.05) is 39.6 Å². The van der Waals surface area contributed by atoms with Gasteiger partial charge >= 0.3 is 39.5 Å². The Hall–Kier alpha value is -1.94. The summed E-state index contributed by atoms with van der Waals surface area (Å²) in [7, 11) is -9.92. The molecule has 0 aromatic heterocycles. The third-order valence-corrected chi connectivity index (χ3v) is 21.4. The minimum absolute atomic E-state index is 0.106. The van der Waals surface area contributed by atoms with Crippen LogP contribution in [0.5, 0.6) is 0 Å². The molecule has 2 unspecified atom stereocenters. The first-order valence-corrected chi connectivity index (χ1v) is 46.0. The van der Waals surface area contributed by atoms with Crippen molar-refractivity contribution in [1.82, 2.24) is 0 Å². The molecule has 3 N–H and O–H groups in total. The molecule has 5 atom stereocenters. The van der Waals surface area contributed by atoms with Gasteiger partial charge in [-0.25, -0.2) is 9.13 Å². The molecule has 0 radical (unpaired) electrons. The minimum atomic E-state index is -4.96. The van der Waals surface area contributed by atoms with Crippen molar-refractivity contribution >= 4 is 39.5 Å². The van der Waals surface area contributed by atoms with Gasteiger partial charge in [-0.15, -0.1) is 0 Å². The molecule has 0 aliphatic rings. The van der Waals surface area contributed by atoms with Gasteiger partial charge in [-0.05, 0) is 37.5 Å². The van der Waals surface area contributed by atoms with E-state index in [9.17, 15) is 43.2 Å². The highest BCUT2D eigenvalue weighted by Gasteiger charge is 2.30. The van der Waals surface area contributed by atoms with E-state index in [1.165, 1.54) is 257 Å². The Balaban J connectivity index is 5.23. The Morgan fingerprint density at radius 3 is 0.667 bits per heavy atom. The molecule has 0 amide bonds. The van der Waals surface area contributed by atoms with E-state index >= 15 is 0 Å². The average molecular weight is 1490 g/mol. The number of hydrogen-bond donors (Lipinski definition) is 3. The maximum atomic E-state index is 13.1. The predicted molar refractivity (Wildman–Crippen MR) is 418 cm³/mol. The van der Waals surface area contributed by atoms with Crippen LogP contribution in [0.4, 0.5) is 0 Å². The molecule has 17 nitrogen and oxygen atoms in total. The molecule has 0 aliphatic carbocycles. The van der Waals surface area contributed by atoms with E-state index in [4.69, 9.17) is 37.0 Å². The summed E-state index contributed by atoms with van der Waals surface area (Å²) in [5.74, 6) is -0.571. The molecule has 0 heterocycles. The second-order valence-electron chi connectivity index (χ2n) is 30.8. The lowest BCUT2D eigenvalue weighted by atomic mass is 10.0. The second-order valence-corrected chi connectivity index (χ2v) is 33.7. The number of phosphoric acid groups is 2. The summed E-state index contributed by atoms with van der Waals surface area (Å²) < 4.78 is 68.8. The average Bonchev–Trinajstić information content (AvgIpc) is 0.912. The van der Waals surface area contributed by atoms with Crippen LogP contribution in [-0.4, -0.2) is 96.7 Å². The first kappa shape index (κ1) is 100. The van der Waals surface area contributed by atoms with Gasteiger partial charge in [-0.1, -0.05) is 388 Å². The third-order valence-electron chi connectivity index (χ3n) is 19.5. The van der Waals surface area contributed by atoms with E-state index in [0.29, 0.717) is 25.7 Å². The van der Waals surface area contributed by atoms with Crippen LogP contribution in [0.25, 0.3) is 0 Å². The Kier molecular flexibility index (Phi) is 73.1. The van der Waals surface area contributed by atoms with Crippen molar-refractivity contribution in [2.24, 2.45) is 11.8 Å². The number of rotatable bonds is 82. The lowest BCUT2D eigenvalue weighted by Crippen LogP contribution is -2.30. The zero-order valence-corrected chi connectivity index (χ0v) is 68.7. The molecule has 0 spiro atoms. The molecule has 0 saturated carbocycles. The van der Waals surface area contributed by atoms with Crippen molar-refractivity contribution in [3.05, 3.63) is 0 Å². The lowest BCUT2D eigenvalue weighted by molar-refractivity contribution is -0.161. The summed E-state index contributed by atoms with van der Waals surface area (Å²) >= 11 is 0. The first-order valence-electron chi connectivity index (χ1n) is 43.0. The Morgan fingerprint density at radius 2 is 0.451 bits per heavy atom. The largest absolute Gasteiger partial charge is 0.472 e. The van der Waals surface area contributed by atoms with Gasteiger partial charge in [-0.2, -0.15) is 0 Å². The summed E-state index contributed by atoms with van der Waals surface area (Å²) in [5.41, 5.74) is 0. The second kappa shape index (κ2) is 74.5. The van der Waals surface area contributed by atoms with E-state index in [0.717, 1.165) is 102 Å². The maximum Gasteiger partial charge on any atom is 0.472 e. The number of ether oxygens (including phenoxy) is 4. The fraction of sp³-hybridized carbons (Fsp3) is 0.952. The molecule has 0 saturated heterocycles. The molecule has 102 heavy (non-hydrogen) atoms. The van der Waals surface area contributed by atoms with Gasteiger partial charge in [0.25, 0.3) is 0 Å². The van der Waals surface area contributed by atoms with Crippen LogP contribution in [0, 0.1) is 11.8 Å². The molecule has 0 aromatic carbocycles. The van der Waals surface area contributed by atoms with Crippen LogP contribution in [-0.2, 0) is 65.4 Å². The van der Waals surface area contributed by atoms with Crippen LogP contribution in [0.1, 0.15) is 440 Å². The first-order chi connectivity index (χ1) is 49.4. The summed E-state index contributed by atoms with van der Waals surface area (Å²) in [6.45, 7) is 9.65. The van der Waals surface area contributed by atoms with Crippen molar-refractivity contribution in [1.29, 1.82) is 0 Å². The highest BCUT2D eigenvalue weighted by Crippen LogP contribution is 2.45. The van der Waals surface area contributed by atoms with Crippen LogP contribution >= 0.6 is 15.6 Å². The fourth-order valence-electron chi connectivity index (χ4n) is 12.9. The Labute approximate surface area is 626 Å². The number of carbonyl (C=O) groups excluding carboxylic acids is 4. The Morgan fingerprint density at radius 1 is 0.265 bits per heavy atom. The quantitative estimate of drug-likeness (QED) is 0.0222. The standard InChI is InChI=1S/C83H162O17P2/c1-7-9-11-13-15-17-19-21-22-23-24-25-26-27-28-33-37-43-49-55-61-67-82(87)99-78(71-94-81(86)66-60-54-48-42-36-32-30-29-31-34-39-45-51-57-63-75(3)4)73-97-101(89,90)95-69-77(84)70-96-102(91,92)98-74-79(100-83(88)68-62-56-50-44-38-40-46-52-58-64-76(5)6)72-93-80(85)65-59-53-47-41-35-20-18-16-14-12-10-8-2/h75-79,84H,7-74H2,1-6H3,(H,89,90)(H,91,92)/t77-,78-,79-/m1/s1. The lowest BCUT2D eigenvalue weighted by Gasteiger charge is -2.21. The summed E-state index contributed by atoms with van der Waals surface area (Å²) in [5, 5.41) is 10.7. The zero-order valence-electron chi connectivity index (χ0n) is 66.9. The molecule has 606 valence electrons. The van der Waals surface area contributed by atoms with Gasteiger partial charge in [0.1, 0.15) is 19.3 Å². The van der Waals surface area contributed by atoms with Crippen LogP contribution in [0.3, 0.4) is 0 Å². The molecule has 19 heteroatoms. The van der Waals surface area contributed by atoms with Crippen LogP contribution in [0.15, 0.2) is 0 Å². The van der Waals surface area contributed by atoms with Gasteiger partial charge in [0.2, 0.25) is 0 Å². The van der Waals surface area contributed by atoms with Gasteiger partial charge in [0, 0.05) is 25.7 Å². The highest BCUT2D eigenvalue weighted by atomic mass is 31.2. The number of aliphatic hydroxyl groups excluding tert-OH is 1. The molecular formula is C83H162O17P2. The number of carbonyl (C=O) groups is 4. The van der Waals surface area contributed by atoms with E-state index in [-0.39, 0.29) is 25.7 Å². The van der Waals surface area contributed by atoms with Gasteiger partial charge in [-0.3, -0.25) is 37.3 Å². The SMILES string of the molecule is CCCCCCCCCCCCCCCCCCCCCCCC(=O)O[C@H](COC(=O)CCCCCCCCCCCCCCCCC(C)C)COP(=O)(O)OC[C@@H](O)COP(=O)(O)OC[C@@H](COC(=O)CCCCCCCCCCCCCC)OC(=O)CCCCCCCCCCCC(C)C. The summed E-state index contributed by atoms with van der Waals surface area (Å²) in [6, 6.07) is 0. The number of phosphoric ester groups is 2. The molecular weight excluding hydrogens is 1330 g/mol. The monoisotopic (exact) mass is 1490 g/mol. The summed E-state index contributed by atoms with van der Waals surface area (Å²) in [6.07, 6.45) is 65.3. The summed E-state index contributed by atoms with van der Waals surface area (Å²) in [4.78, 5) is 73.1. The molecule has 0 bridgehead atoms. The van der Waals surface area contributed by atoms with E-state index in [1.54, 1.807) is 0 Å². The minimum Gasteiger partial charge on any atom is -0.462 e. The van der Waals surface area contributed by atoms with E-state index < -0.39 is 97.5 Å². The van der Waals surface area contributed by atoms with Gasteiger partial charge in [0.15, 0.2) is 12.2 Å². The maximum absolute atomic E-state index is 13.1. The van der Waals surface area contributed by atoms with E-state index in [2.05, 4.69) is 41.5 Å². The van der Waals surface area contributed by atoms with Crippen molar-refractivity contribution in [2.45, 2.75) is 458 Å². The zero-order chi connectivity index (χ0) is 74.9. The van der Waals surface area contributed by atoms with Crippen molar-refractivity contribution < 1.29 is 80.2 Å². The van der Waals surface area contributed by atoms with Crippen LogP contribution < -0.4 is 0 Å². The van der Waals surface area contributed by atoms with Crippen LogP contribution in [0.2, 0.25) is 0 Å². The number of unbranched alkanes of at least 4 members (excludes halogenated alkanes) is 52. The predicted octanol–water partition coefficient (Wildman–Crippen LogP) is 25.1. The van der Waals surface area contributed by atoms with Crippen molar-refractivity contribution in [3.8, 4) is 0 Å². The number of esters is 4. The molecule has 0 rings (SSSR count). The van der Waals surface area contributed by atoms with Gasteiger partial charge < -0.3 is 33.8 Å². The molecule has 0 fully saturated rings. The molecule has 0 aliphatic heterocycles. The van der Waals surface area contributed by atoms with E-state index in [1.807, 2.05) is 0 Å². The number of hydrogen-bond acceptors (Lipinski definition) is 15. The third kappa shape index (κ3) is 76.3. The van der Waals surface area contributed by atoms with Crippen molar-refractivity contribution in [3.63, 3.8) is 0 Å². The number of aliphatic hydroxyl groups is 1. The smallest absolute Gasteiger partial charge is 0.462 e. The van der Waals surface area contributed by atoms with Gasteiger partial charge in [0.05, 0.1) is 26.4 Å². The topological polar surface area (TPSA) is 237 Å². The Bertz CT molecular complexity index is 1960. The fourth-order valence-corrected chi connectivity index (χ4v) is 14.5. The highest BCUT2D eigenvalue weighted by molar-refractivity contribution is 7.47. The molecule has 0 aromatic rings.